The van der Waals surface area contributed by atoms with Crippen molar-refractivity contribution < 1.29 is 9.31 Å². The van der Waals surface area contributed by atoms with E-state index in [0.29, 0.717) is 0 Å². The number of halogens is 1. The summed E-state index contributed by atoms with van der Waals surface area (Å²) in [4.78, 5) is 9.91. The van der Waals surface area contributed by atoms with Crippen LogP contribution in [0.3, 0.4) is 0 Å². The highest BCUT2D eigenvalue weighted by atomic mass is 19.1. The molecule has 1 aromatic carbocycles. The van der Waals surface area contributed by atoms with Gasteiger partial charge in [0.05, 0.1) is 10.5 Å². The molecule has 0 N–H and O–H groups in total. The molecule has 0 aliphatic carbocycles. The van der Waals surface area contributed by atoms with E-state index in [1.807, 2.05) is 5.92 Å². The van der Waals surface area contributed by atoms with Crippen LogP contribution in [0.5, 0.6) is 0 Å². The summed E-state index contributed by atoms with van der Waals surface area (Å²) < 4.78 is 13.2. The first-order valence-electron chi connectivity index (χ1n) is 3.91. The normalized spacial score (nSPS) is 8.60. The molecule has 0 saturated carbocycles. The van der Waals surface area contributed by atoms with Crippen LogP contribution in [-0.4, -0.2) is 4.92 Å². The first kappa shape index (κ1) is 10.7. The van der Waals surface area contributed by atoms with Gasteiger partial charge in [-0.3, -0.25) is 10.1 Å². The zero-order valence-corrected chi connectivity index (χ0v) is 7.74. The molecule has 0 aliphatic rings. The number of hydrogen-bond acceptors (Lipinski definition) is 3. The number of nitrogens with zero attached hydrogens (tertiary/aromatic N) is 2. The van der Waals surface area contributed by atoms with Crippen molar-refractivity contribution >= 4 is 5.69 Å². The van der Waals surface area contributed by atoms with E-state index in [-0.39, 0.29) is 16.8 Å². The van der Waals surface area contributed by atoms with Crippen molar-refractivity contribution in [2.45, 2.75) is 6.92 Å². The van der Waals surface area contributed by atoms with Crippen molar-refractivity contribution in [3.63, 3.8) is 0 Å². The van der Waals surface area contributed by atoms with E-state index in [2.05, 4.69) is 5.92 Å². The molecule has 0 atom stereocenters. The number of rotatable bonds is 1. The maximum Gasteiger partial charge on any atom is 0.273 e. The Morgan fingerprint density at radius 3 is 2.73 bits per heavy atom. The summed E-state index contributed by atoms with van der Waals surface area (Å²) in [5.41, 5.74) is -0.132. The van der Waals surface area contributed by atoms with Gasteiger partial charge in [0, 0.05) is 17.6 Å². The molecular formula is C10H5FN2O2. The van der Waals surface area contributed by atoms with E-state index >= 15 is 0 Å². The summed E-state index contributed by atoms with van der Waals surface area (Å²) in [5, 5.41) is 18.7. The fourth-order valence-corrected chi connectivity index (χ4v) is 1.05. The summed E-state index contributed by atoms with van der Waals surface area (Å²) in [7, 11) is 0. The van der Waals surface area contributed by atoms with Gasteiger partial charge in [0.1, 0.15) is 5.82 Å². The zero-order chi connectivity index (χ0) is 11.4. The maximum atomic E-state index is 13.2. The molecule has 4 nitrogen and oxygen atoms in total. The van der Waals surface area contributed by atoms with Crippen LogP contribution in [-0.2, 0) is 0 Å². The Hall–Kier alpha value is -2.40. The van der Waals surface area contributed by atoms with Crippen LogP contribution < -0.4 is 0 Å². The second kappa shape index (κ2) is 4.21. The van der Waals surface area contributed by atoms with Gasteiger partial charge in [-0.15, -0.1) is 0 Å². The van der Waals surface area contributed by atoms with Crippen molar-refractivity contribution in [1.29, 1.82) is 5.26 Å². The second-order valence-electron chi connectivity index (χ2n) is 2.74. The Labute approximate surface area is 85.1 Å². The number of aryl methyl sites for hydroxylation is 1. The molecule has 0 aliphatic heterocycles. The zero-order valence-electron chi connectivity index (χ0n) is 7.74. The van der Waals surface area contributed by atoms with E-state index in [0.717, 1.165) is 12.1 Å². The Bertz CT molecular complexity index is 521. The molecule has 74 valence electrons. The van der Waals surface area contributed by atoms with E-state index in [1.165, 1.54) is 13.0 Å². The number of hydrogen-bond donors (Lipinski definition) is 0. The van der Waals surface area contributed by atoms with Crippen molar-refractivity contribution in [2.24, 2.45) is 0 Å². The molecule has 1 aromatic rings. The van der Waals surface area contributed by atoms with E-state index in [9.17, 15) is 14.5 Å². The number of nitriles is 1. The molecule has 0 fully saturated rings. The van der Waals surface area contributed by atoms with Gasteiger partial charge in [-0.2, -0.15) is 5.26 Å². The average molecular weight is 204 g/mol. The summed E-state index contributed by atoms with van der Waals surface area (Å²) in [6.07, 6.45) is 0. The lowest BCUT2D eigenvalue weighted by Gasteiger charge is -1.98. The van der Waals surface area contributed by atoms with Crippen LogP contribution in [0.15, 0.2) is 12.1 Å². The predicted octanol–water partition coefficient (Wildman–Crippen LogP) is 1.92. The Balaban J connectivity index is 3.37. The van der Waals surface area contributed by atoms with Crippen molar-refractivity contribution in [1.82, 2.24) is 0 Å². The first-order chi connectivity index (χ1) is 7.06. The van der Waals surface area contributed by atoms with Crippen LogP contribution in [0.25, 0.3) is 0 Å². The molecule has 15 heavy (non-hydrogen) atoms. The molecule has 0 spiro atoms. The molecule has 0 bridgehead atoms. The van der Waals surface area contributed by atoms with Gasteiger partial charge >= 0.3 is 0 Å². The molecule has 1 rings (SSSR count). The highest BCUT2D eigenvalue weighted by Gasteiger charge is 2.14. The molecule has 0 aromatic heterocycles. The van der Waals surface area contributed by atoms with Gasteiger partial charge < -0.3 is 0 Å². The van der Waals surface area contributed by atoms with Gasteiger partial charge in [0.2, 0.25) is 0 Å². The summed E-state index contributed by atoms with van der Waals surface area (Å²) in [6, 6.07) is 3.56. The topological polar surface area (TPSA) is 66.9 Å². The van der Waals surface area contributed by atoms with Gasteiger partial charge in [0.25, 0.3) is 5.69 Å². The predicted molar refractivity (Wildman–Crippen MR) is 50.3 cm³/mol. The van der Waals surface area contributed by atoms with E-state index in [4.69, 9.17) is 5.26 Å². The van der Waals surface area contributed by atoms with Crippen molar-refractivity contribution in [3.05, 3.63) is 39.2 Å². The average Bonchev–Trinajstić information content (AvgIpc) is 2.16. The fourth-order valence-electron chi connectivity index (χ4n) is 1.05. The minimum Gasteiger partial charge on any atom is -0.258 e. The third kappa shape index (κ3) is 2.29. The molecule has 0 heterocycles. The fraction of sp³-hybridized carbons (Fsp3) is 0.100. The second-order valence-corrected chi connectivity index (χ2v) is 2.74. The van der Waals surface area contributed by atoms with Crippen LogP contribution in [0.4, 0.5) is 10.1 Å². The number of nitro groups is 1. The molecule has 5 heteroatoms. The number of benzene rings is 1. The van der Waals surface area contributed by atoms with Gasteiger partial charge in [-0.05, 0) is 18.9 Å². The van der Waals surface area contributed by atoms with Gasteiger partial charge in [-0.25, -0.2) is 4.39 Å². The molecular weight excluding hydrogens is 199 g/mol. The van der Waals surface area contributed by atoms with Crippen molar-refractivity contribution in [2.75, 3.05) is 0 Å². The quantitative estimate of drug-likeness (QED) is 0.398. The summed E-state index contributed by atoms with van der Waals surface area (Å²) in [5.74, 6) is 3.51. The largest absolute Gasteiger partial charge is 0.273 e. The van der Waals surface area contributed by atoms with Crippen molar-refractivity contribution in [3.8, 4) is 17.9 Å². The van der Waals surface area contributed by atoms with Crippen LogP contribution >= 0.6 is 0 Å². The van der Waals surface area contributed by atoms with Gasteiger partial charge in [0.15, 0.2) is 6.07 Å². The lowest BCUT2D eigenvalue weighted by Crippen LogP contribution is -1.95. The molecule has 0 amide bonds. The highest BCUT2D eigenvalue weighted by Crippen LogP contribution is 2.21. The van der Waals surface area contributed by atoms with Crippen LogP contribution in [0, 0.1) is 46.0 Å². The monoisotopic (exact) mass is 204 g/mol. The van der Waals surface area contributed by atoms with Crippen LogP contribution in [0.2, 0.25) is 0 Å². The SMILES string of the molecule is Cc1cc(F)c(C#CC#N)cc1[N+](=O)[O-]. The third-order valence-electron chi connectivity index (χ3n) is 1.74. The standard InChI is InChI=1S/C10H5FN2O2/c1-7-5-9(11)8(3-2-4-12)6-10(7)13(14)15/h5-6H,1H3. The minimum atomic E-state index is -0.666. The Morgan fingerprint density at radius 2 is 2.20 bits per heavy atom. The maximum absolute atomic E-state index is 13.2. The Kier molecular flexibility index (Phi) is 3.00. The lowest BCUT2D eigenvalue weighted by atomic mass is 10.1. The third-order valence-corrected chi connectivity index (χ3v) is 1.74. The number of nitro benzene ring substituents is 1. The summed E-state index contributed by atoms with van der Waals surface area (Å²) >= 11 is 0. The molecule has 0 saturated heterocycles. The first-order valence-corrected chi connectivity index (χ1v) is 3.91. The highest BCUT2D eigenvalue weighted by molar-refractivity contribution is 5.50. The molecule has 0 radical (unpaired) electrons. The Morgan fingerprint density at radius 1 is 1.53 bits per heavy atom. The molecule has 0 unspecified atom stereocenters. The van der Waals surface area contributed by atoms with Crippen LogP contribution in [0.1, 0.15) is 11.1 Å². The summed E-state index contributed by atoms with van der Waals surface area (Å²) in [6.45, 7) is 1.43. The van der Waals surface area contributed by atoms with Gasteiger partial charge in [-0.1, -0.05) is 0 Å². The lowest BCUT2D eigenvalue weighted by molar-refractivity contribution is -0.385. The van der Waals surface area contributed by atoms with E-state index < -0.39 is 10.7 Å². The van der Waals surface area contributed by atoms with E-state index in [1.54, 1.807) is 0 Å². The minimum absolute atomic E-state index is 0.145. The smallest absolute Gasteiger partial charge is 0.258 e.